The van der Waals surface area contributed by atoms with Gasteiger partial charge in [0.1, 0.15) is 0 Å². The summed E-state index contributed by atoms with van der Waals surface area (Å²) in [7, 11) is -1.87. The highest BCUT2D eigenvalue weighted by molar-refractivity contribution is 7.92. The molecule has 0 radical (unpaired) electrons. The summed E-state index contributed by atoms with van der Waals surface area (Å²) in [5.74, 6) is 0. The zero-order chi connectivity index (χ0) is 17.7. The maximum atomic E-state index is 13.0. The van der Waals surface area contributed by atoms with E-state index < -0.39 is 10.0 Å². The van der Waals surface area contributed by atoms with E-state index >= 15 is 0 Å². The second-order valence-corrected chi connectivity index (χ2v) is 7.85. The second-order valence-electron chi connectivity index (χ2n) is 6.23. The van der Waals surface area contributed by atoms with Gasteiger partial charge in [0, 0.05) is 7.05 Å². The number of aryl methyl sites for hydroxylation is 2. The monoisotopic (exact) mass is 335 g/mol. The van der Waals surface area contributed by atoms with Gasteiger partial charge in [-0.25, -0.2) is 8.42 Å². The Morgan fingerprint density at radius 2 is 1.26 bits per heavy atom. The third-order valence-electron chi connectivity index (χ3n) is 4.95. The molecule has 0 spiro atoms. The normalized spacial score (nSPS) is 11.8. The first-order chi connectivity index (χ1) is 10.5. The fraction of sp³-hybridized carbons (Fsp3) is 0.471. The topological polar surface area (TPSA) is 64.0 Å². The van der Waals surface area contributed by atoms with Gasteiger partial charge in [-0.2, -0.15) is 5.10 Å². The van der Waals surface area contributed by atoms with Gasteiger partial charge in [0.05, 0.1) is 22.0 Å². The first-order valence-electron chi connectivity index (χ1n) is 7.59. The van der Waals surface area contributed by atoms with Crippen molar-refractivity contribution >= 4 is 15.7 Å². The fourth-order valence-corrected chi connectivity index (χ4v) is 4.75. The van der Waals surface area contributed by atoms with Gasteiger partial charge in [0.25, 0.3) is 10.0 Å². The third-order valence-corrected chi connectivity index (χ3v) is 6.57. The molecule has 2 rings (SSSR count). The summed E-state index contributed by atoms with van der Waals surface area (Å²) in [6, 6.07) is 0. The van der Waals surface area contributed by atoms with E-state index in [0.29, 0.717) is 16.3 Å². The van der Waals surface area contributed by atoms with E-state index in [9.17, 15) is 8.42 Å². The van der Waals surface area contributed by atoms with Crippen molar-refractivity contribution in [2.75, 3.05) is 4.72 Å². The highest BCUT2D eigenvalue weighted by Gasteiger charge is 2.25. The predicted octanol–water partition coefficient (Wildman–Crippen LogP) is 3.38. The van der Waals surface area contributed by atoms with E-state index in [4.69, 9.17) is 0 Å². The molecule has 2 aromatic rings. The van der Waals surface area contributed by atoms with Crippen LogP contribution in [0.25, 0.3) is 0 Å². The summed E-state index contributed by atoms with van der Waals surface area (Å²) in [6.45, 7) is 13.4. The number of rotatable bonds is 3. The highest BCUT2D eigenvalue weighted by atomic mass is 32.2. The Balaban J connectivity index is 2.66. The largest absolute Gasteiger partial charge is 0.276 e. The summed E-state index contributed by atoms with van der Waals surface area (Å²) in [5, 5.41) is 4.27. The number of sulfonamides is 1. The van der Waals surface area contributed by atoms with Crippen LogP contribution in [0.2, 0.25) is 0 Å². The molecular weight excluding hydrogens is 310 g/mol. The minimum Gasteiger partial charge on any atom is -0.276 e. The molecule has 1 aromatic heterocycles. The number of hydrogen-bond donors (Lipinski definition) is 1. The molecule has 1 N–H and O–H groups in total. The summed E-state index contributed by atoms with van der Waals surface area (Å²) in [4.78, 5) is 0.376. The SMILES string of the molecule is Cc1nn(C)c(C)c1NS(=O)(=O)c1c(C)c(C)c(C)c(C)c1C. The Labute approximate surface area is 138 Å². The molecule has 0 fully saturated rings. The van der Waals surface area contributed by atoms with Crippen LogP contribution in [0.1, 0.15) is 39.2 Å². The van der Waals surface area contributed by atoms with Crippen molar-refractivity contribution in [2.45, 2.75) is 53.4 Å². The zero-order valence-corrected chi connectivity index (χ0v) is 15.9. The minimum atomic E-state index is -3.67. The number of nitrogens with zero attached hydrogens (tertiary/aromatic N) is 2. The van der Waals surface area contributed by atoms with Crippen LogP contribution in [0.15, 0.2) is 4.90 Å². The van der Waals surface area contributed by atoms with Gasteiger partial charge in [0.2, 0.25) is 0 Å². The number of hydrogen-bond acceptors (Lipinski definition) is 3. The lowest BCUT2D eigenvalue weighted by Gasteiger charge is -2.19. The van der Waals surface area contributed by atoms with Gasteiger partial charge in [-0.05, 0) is 76.3 Å². The van der Waals surface area contributed by atoms with Crippen LogP contribution in [0.5, 0.6) is 0 Å². The van der Waals surface area contributed by atoms with Crippen LogP contribution < -0.4 is 4.72 Å². The molecule has 126 valence electrons. The van der Waals surface area contributed by atoms with E-state index in [-0.39, 0.29) is 0 Å². The quantitative estimate of drug-likeness (QED) is 0.935. The fourth-order valence-electron chi connectivity index (χ4n) is 2.98. The second kappa shape index (κ2) is 5.67. The van der Waals surface area contributed by atoms with Crippen LogP contribution in [-0.2, 0) is 17.1 Å². The van der Waals surface area contributed by atoms with Gasteiger partial charge in [-0.3, -0.25) is 9.40 Å². The molecule has 6 heteroatoms. The van der Waals surface area contributed by atoms with Crippen LogP contribution in [0.3, 0.4) is 0 Å². The van der Waals surface area contributed by atoms with Gasteiger partial charge in [-0.15, -0.1) is 0 Å². The number of anilines is 1. The van der Waals surface area contributed by atoms with E-state index in [0.717, 1.165) is 33.5 Å². The smallest absolute Gasteiger partial charge is 0.262 e. The molecule has 1 heterocycles. The van der Waals surface area contributed by atoms with Crippen molar-refractivity contribution in [3.63, 3.8) is 0 Å². The number of aromatic nitrogens is 2. The Hall–Kier alpha value is -1.82. The number of benzene rings is 1. The Bertz CT molecular complexity index is 864. The predicted molar refractivity (Wildman–Crippen MR) is 93.6 cm³/mol. The van der Waals surface area contributed by atoms with E-state index in [2.05, 4.69) is 9.82 Å². The van der Waals surface area contributed by atoms with Crippen molar-refractivity contribution in [1.82, 2.24) is 9.78 Å². The van der Waals surface area contributed by atoms with Crippen molar-refractivity contribution in [2.24, 2.45) is 7.05 Å². The van der Waals surface area contributed by atoms with Crippen molar-refractivity contribution in [3.8, 4) is 0 Å². The highest BCUT2D eigenvalue weighted by Crippen LogP contribution is 2.31. The molecule has 0 aliphatic rings. The summed E-state index contributed by atoms with van der Waals surface area (Å²) in [5.41, 5.74) is 6.82. The Morgan fingerprint density at radius 1 is 0.826 bits per heavy atom. The average Bonchev–Trinajstić information content (AvgIpc) is 2.69. The van der Waals surface area contributed by atoms with Gasteiger partial charge >= 0.3 is 0 Å². The van der Waals surface area contributed by atoms with Crippen LogP contribution in [-0.4, -0.2) is 18.2 Å². The van der Waals surface area contributed by atoms with E-state index in [1.165, 1.54) is 0 Å². The molecule has 0 atom stereocenters. The van der Waals surface area contributed by atoms with Crippen LogP contribution in [0.4, 0.5) is 5.69 Å². The van der Waals surface area contributed by atoms with E-state index in [1.807, 2.05) is 41.5 Å². The van der Waals surface area contributed by atoms with Gasteiger partial charge in [0.15, 0.2) is 0 Å². The molecule has 5 nitrogen and oxygen atoms in total. The molecule has 0 saturated heterocycles. The third kappa shape index (κ3) is 2.76. The molecule has 1 aromatic carbocycles. The van der Waals surface area contributed by atoms with Crippen molar-refractivity contribution < 1.29 is 8.42 Å². The minimum absolute atomic E-state index is 0.376. The lowest BCUT2D eigenvalue weighted by atomic mass is 9.95. The molecule has 0 aliphatic heterocycles. The molecule has 0 amide bonds. The van der Waals surface area contributed by atoms with Crippen molar-refractivity contribution in [1.29, 1.82) is 0 Å². The average molecular weight is 335 g/mol. The number of nitrogens with one attached hydrogen (secondary N) is 1. The summed E-state index contributed by atoms with van der Waals surface area (Å²) in [6.07, 6.45) is 0. The van der Waals surface area contributed by atoms with Crippen molar-refractivity contribution in [3.05, 3.63) is 39.2 Å². The maximum Gasteiger partial charge on any atom is 0.262 e. The van der Waals surface area contributed by atoms with Crippen LogP contribution in [0, 0.1) is 48.5 Å². The molecule has 23 heavy (non-hydrogen) atoms. The lowest BCUT2D eigenvalue weighted by Crippen LogP contribution is -2.18. The zero-order valence-electron chi connectivity index (χ0n) is 15.1. The standard InChI is InChI=1S/C17H25N3O2S/c1-9-10(2)12(4)17(13(5)11(9)3)23(21,22)19-16-14(6)18-20(8)15(16)7/h19H,1-8H3. The molecule has 0 saturated carbocycles. The molecule has 0 bridgehead atoms. The Kier molecular flexibility index (Phi) is 4.32. The molecule has 0 aliphatic carbocycles. The molecular formula is C17H25N3O2S. The summed E-state index contributed by atoms with van der Waals surface area (Å²) >= 11 is 0. The first-order valence-corrected chi connectivity index (χ1v) is 9.07. The van der Waals surface area contributed by atoms with Gasteiger partial charge in [-0.1, -0.05) is 0 Å². The van der Waals surface area contributed by atoms with Crippen LogP contribution >= 0.6 is 0 Å². The summed E-state index contributed by atoms with van der Waals surface area (Å²) < 4.78 is 30.5. The first kappa shape index (κ1) is 17.5. The van der Waals surface area contributed by atoms with Gasteiger partial charge < -0.3 is 0 Å². The lowest BCUT2D eigenvalue weighted by molar-refractivity contribution is 0.599. The Morgan fingerprint density at radius 3 is 1.65 bits per heavy atom. The van der Waals surface area contributed by atoms with E-state index in [1.54, 1.807) is 18.7 Å². The maximum absolute atomic E-state index is 13.0. The molecule has 0 unspecified atom stereocenters.